The molecule has 0 aliphatic heterocycles. The highest BCUT2D eigenvalue weighted by atomic mass is 35.5. The Morgan fingerprint density at radius 1 is 1.30 bits per heavy atom. The zero-order valence-electron chi connectivity index (χ0n) is 10.7. The lowest BCUT2D eigenvalue weighted by Crippen LogP contribution is -2.22. The molecular weight excluding hydrogens is 281 g/mol. The van der Waals surface area contributed by atoms with Crippen LogP contribution in [0.1, 0.15) is 22.0 Å². The van der Waals surface area contributed by atoms with Gasteiger partial charge in [0, 0.05) is 18.8 Å². The van der Waals surface area contributed by atoms with Crippen molar-refractivity contribution in [1.82, 2.24) is 9.82 Å². The normalized spacial score (nSPS) is 11.9. The van der Waals surface area contributed by atoms with Crippen LogP contribution < -0.4 is 10.2 Å². The van der Waals surface area contributed by atoms with Crippen LogP contribution in [0.4, 0.5) is 10.2 Å². The van der Waals surface area contributed by atoms with E-state index in [1.54, 1.807) is 25.4 Å². The molecule has 1 unspecified atom stereocenters. The molecule has 0 fully saturated rings. The molecule has 0 aliphatic carbocycles. The summed E-state index contributed by atoms with van der Waals surface area (Å²) in [4.78, 5) is 18.9. The minimum Gasteiger partial charge on any atom is -0.373 e. The molecule has 6 heteroatoms. The summed E-state index contributed by atoms with van der Waals surface area (Å²) in [6.07, 6.45) is 1.58. The first-order chi connectivity index (χ1) is 9.65. The fraction of sp³-hybridized carbons (Fsp3) is 0.143. The molecule has 4 nitrogen and oxygen atoms in total. The van der Waals surface area contributed by atoms with Gasteiger partial charge >= 0.3 is 0 Å². The third-order valence-corrected chi connectivity index (χ3v) is 3.09. The Morgan fingerprint density at radius 3 is 2.60 bits per heavy atom. The van der Waals surface area contributed by atoms with Crippen LogP contribution in [-0.4, -0.2) is 17.8 Å². The third-order valence-electron chi connectivity index (χ3n) is 2.87. The van der Waals surface area contributed by atoms with Gasteiger partial charge in [-0.15, -0.1) is 0 Å². The molecule has 1 atom stereocenters. The van der Waals surface area contributed by atoms with Gasteiger partial charge in [0.1, 0.15) is 17.7 Å². The molecule has 2 aromatic rings. The SMILES string of the molecule is CNc1cc(C(NCl)C(=O)c2ccc(F)cc2)ccn1. The molecule has 104 valence electrons. The van der Waals surface area contributed by atoms with Gasteiger partial charge in [0.2, 0.25) is 0 Å². The fourth-order valence-corrected chi connectivity index (χ4v) is 2.03. The van der Waals surface area contributed by atoms with E-state index in [9.17, 15) is 9.18 Å². The number of anilines is 1. The minimum atomic E-state index is -0.725. The van der Waals surface area contributed by atoms with Crippen LogP contribution in [0.2, 0.25) is 0 Å². The number of ketones is 1. The maximum atomic E-state index is 12.9. The summed E-state index contributed by atoms with van der Waals surface area (Å²) in [7, 11) is 1.73. The summed E-state index contributed by atoms with van der Waals surface area (Å²) in [6.45, 7) is 0. The van der Waals surface area contributed by atoms with E-state index in [1.165, 1.54) is 24.3 Å². The summed E-state index contributed by atoms with van der Waals surface area (Å²) in [6, 6.07) is 8.04. The lowest BCUT2D eigenvalue weighted by atomic mass is 9.99. The Morgan fingerprint density at radius 2 is 2.00 bits per heavy atom. The van der Waals surface area contributed by atoms with Crippen molar-refractivity contribution in [2.45, 2.75) is 6.04 Å². The average molecular weight is 294 g/mol. The molecular formula is C14H13ClFN3O. The van der Waals surface area contributed by atoms with E-state index >= 15 is 0 Å². The van der Waals surface area contributed by atoms with Gasteiger partial charge in [-0.2, -0.15) is 0 Å². The van der Waals surface area contributed by atoms with Crippen molar-refractivity contribution in [3.8, 4) is 0 Å². The molecule has 2 rings (SSSR count). The van der Waals surface area contributed by atoms with Gasteiger partial charge in [-0.3, -0.25) is 4.79 Å². The number of aromatic nitrogens is 1. The number of nitrogens with zero attached hydrogens (tertiary/aromatic N) is 1. The van der Waals surface area contributed by atoms with Gasteiger partial charge in [-0.25, -0.2) is 14.2 Å². The maximum Gasteiger partial charge on any atom is 0.185 e. The van der Waals surface area contributed by atoms with Gasteiger partial charge in [-0.1, -0.05) is 0 Å². The quantitative estimate of drug-likeness (QED) is 0.657. The van der Waals surface area contributed by atoms with Gasteiger partial charge in [0.05, 0.1) is 0 Å². The van der Waals surface area contributed by atoms with Crippen molar-refractivity contribution < 1.29 is 9.18 Å². The highest BCUT2D eigenvalue weighted by Gasteiger charge is 2.21. The summed E-state index contributed by atoms with van der Waals surface area (Å²) < 4.78 is 12.9. The predicted molar refractivity (Wildman–Crippen MR) is 76.2 cm³/mol. The molecule has 0 aliphatic rings. The standard InChI is InChI=1S/C14H13ClFN3O/c1-17-12-8-10(6-7-18-12)13(19-15)14(20)9-2-4-11(16)5-3-9/h2-8,13,19H,1H3,(H,17,18). The third kappa shape index (κ3) is 3.12. The van der Waals surface area contributed by atoms with Crippen LogP contribution in [-0.2, 0) is 0 Å². The highest BCUT2D eigenvalue weighted by Crippen LogP contribution is 2.21. The van der Waals surface area contributed by atoms with Crippen molar-refractivity contribution >= 4 is 23.4 Å². The van der Waals surface area contributed by atoms with E-state index < -0.39 is 11.9 Å². The molecule has 1 heterocycles. The Kier molecular flexibility index (Phi) is 4.65. The highest BCUT2D eigenvalue weighted by molar-refractivity contribution is 6.16. The molecule has 0 saturated heterocycles. The van der Waals surface area contributed by atoms with Gasteiger partial charge in [0.25, 0.3) is 0 Å². The van der Waals surface area contributed by atoms with Crippen molar-refractivity contribution in [2.75, 3.05) is 12.4 Å². The van der Waals surface area contributed by atoms with E-state index in [1.807, 2.05) is 0 Å². The summed E-state index contributed by atoms with van der Waals surface area (Å²) >= 11 is 5.69. The second-order valence-corrected chi connectivity index (χ2v) is 4.36. The Balaban J connectivity index is 2.31. The van der Waals surface area contributed by atoms with Crippen molar-refractivity contribution in [1.29, 1.82) is 0 Å². The van der Waals surface area contributed by atoms with Crippen LogP contribution in [0.3, 0.4) is 0 Å². The number of benzene rings is 1. The number of hydrogen-bond donors (Lipinski definition) is 2. The molecule has 0 amide bonds. The van der Waals surface area contributed by atoms with Crippen LogP contribution in [0.5, 0.6) is 0 Å². The van der Waals surface area contributed by atoms with E-state index in [2.05, 4.69) is 15.1 Å². The molecule has 20 heavy (non-hydrogen) atoms. The average Bonchev–Trinajstić information content (AvgIpc) is 2.49. The van der Waals surface area contributed by atoms with E-state index in [0.717, 1.165) is 0 Å². The molecule has 0 radical (unpaired) electrons. The number of hydrogen-bond acceptors (Lipinski definition) is 4. The summed E-state index contributed by atoms with van der Waals surface area (Å²) in [5.74, 6) is -0.00195. The van der Waals surface area contributed by atoms with Crippen LogP contribution >= 0.6 is 11.8 Å². The molecule has 0 bridgehead atoms. The first-order valence-electron chi connectivity index (χ1n) is 5.95. The van der Waals surface area contributed by atoms with Crippen molar-refractivity contribution in [3.63, 3.8) is 0 Å². The molecule has 0 saturated carbocycles. The largest absolute Gasteiger partial charge is 0.373 e. The number of carbonyl (C=O) groups is 1. The summed E-state index contributed by atoms with van der Waals surface area (Å²) in [5.41, 5.74) is 1.06. The Hall–Kier alpha value is -1.98. The van der Waals surface area contributed by atoms with Crippen molar-refractivity contribution in [3.05, 3.63) is 59.5 Å². The number of halogens is 2. The molecule has 1 aromatic heterocycles. The van der Waals surface area contributed by atoms with Crippen LogP contribution in [0, 0.1) is 5.82 Å². The zero-order valence-corrected chi connectivity index (χ0v) is 11.5. The van der Waals surface area contributed by atoms with Gasteiger partial charge < -0.3 is 5.32 Å². The monoisotopic (exact) mass is 293 g/mol. The lowest BCUT2D eigenvalue weighted by Gasteiger charge is -2.14. The smallest absolute Gasteiger partial charge is 0.185 e. The molecule has 1 aromatic carbocycles. The van der Waals surface area contributed by atoms with E-state index in [0.29, 0.717) is 16.9 Å². The first kappa shape index (κ1) is 14.4. The maximum absolute atomic E-state index is 12.9. The number of pyridine rings is 1. The first-order valence-corrected chi connectivity index (χ1v) is 6.33. The summed E-state index contributed by atoms with van der Waals surface area (Å²) in [5, 5.41) is 2.89. The van der Waals surface area contributed by atoms with E-state index in [4.69, 9.17) is 11.8 Å². The van der Waals surface area contributed by atoms with Gasteiger partial charge in [0.15, 0.2) is 5.78 Å². The number of carbonyl (C=O) groups excluding carboxylic acids is 1. The lowest BCUT2D eigenvalue weighted by molar-refractivity contribution is 0.0954. The predicted octanol–water partition coefficient (Wildman–Crippen LogP) is 2.93. The zero-order chi connectivity index (χ0) is 14.5. The number of rotatable bonds is 5. The van der Waals surface area contributed by atoms with Crippen molar-refractivity contribution in [2.24, 2.45) is 0 Å². The van der Waals surface area contributed by atoms with Gasteiger partial charge in [-0.05, 0) is 53.7 Å². The Labute approximate surface area is 121 Å². The van der Waals surface area contributed by atoms with E-state index in [-0.39, 0.29) is 5.78 Å². The minimum absolute atomic E-state index is 0.242. The fourth-order valence-electron chi connectivity index (χ4n) is 1.81. The Bertz CT molecular complexity index is 604. The molecule has 0 spiro atoms. The molecule has 2 N–H and O–H groups in total. The second-order valence-electron chi connectivity index (χ2n) is 4.14. The van der Waals surface area contributed by atoms with Crippen LogP contribution in [0.25, 0.3) is 0 Å². The second kappa shape index (κ2) is 6.45. The number of nitrogens with one attached hydrogen (secondary N) is 2. The van der Waals surface area contributed by atoms with Crippen LogP contribution in [0.15, 0.2) is 42.6 Å². The number of Topliss-reactive ketones (excluding diaryl/α,β-unsaturated/α-hetero) is 1. The topological polar surface area (TPSA) is 54.0 Å².